The van der Waals surface area contributed by atoms with Gasteiger partial charge in [0.2, 0.25) is 10.0 Å². The minimum Gasteiger partial charge on any atom is -0.481 e. The van der Waals surface area contributed by atoms with Gasteiger partial charge in [-0.15, -0.1) is 0 Å². The molecule has 0 aliphatic carbocycles. The largest absolute Gasteiger partial charge is 0.481 e. The standard InChI is InChI=1S/C20H26N4O7S/c1-2-9-32(30,31)23-17-12-24(13-18(23)25,11-16(17)22-29)10-14-3-5-15(6-4-14)20(28)21-8-7-19(26)27/h3-6,17H,2,7-13H2,1H3,(H2-,21,26,27,28,29)/p+1/b22-16+. The fraction of sp³-hybridized carbons (Fsp3) is 0.500. The van der Waals surface area contributed by atoms with Crippen molar-refractivity contribution in [3.63, 3.8) is 0 Å². The number of oxime groups is 1. The van der Waals surface area contributed by atoms with E-state index in [4.69, 9.17) is 5.11 Å². The molecule has 174 valence electrons. The lowest BCUT2D eigenvalue weighted by Gasteiger charge is -2.39. The first kappa shape index (κ1) is 23.7. The van der Waals surface area contributed by atoms with E-state index in [2.05, 4.69) is 10.5 Å². The first-order chi connectivity index (χ1) is 15.1. The van der Waals surface area contributed by atoms with Gasteiger partial charge in [-0.2, -0.15) is 0 Å². The second-order valence-electron chi connectivity index (χ2n) is 8.21. The van der Waals surface area contributed by atoms with E-state index in [9.17, 15) is 28.0 Å². The lowest BCUT2D eigenvalue weighted by Crippen LogP contribution is -2.61. The first-order valence-corrected chi connectivity index (χ1v) is 11.9. The summed E-state index contributed by atoms with van der Waals surface area (Å²) in [5.74, 6) is -2.04. The van der Waals surface area contributed by atoms with Crippen LogP contribution < -0.4 is 5.32 Å². The van der Waals surface area contributed by atoms with Gasteiger partial charge in [0.15, 0.2) is 6.54 Å². The van der Waals surface area contributed by atoms with E-state index in [1.807, 2.05) is 0 Å². The van der Waals surface area contributed by atoms with E-state index >= 15 is 0 Å². The SMILES string of the molecule is CCCS(=O)(=O)N1C(=O)C[N+]2(Cc3ccc(C(=O)NCCC(=O)O)cc3)C/C(=N\O)C1C2. The van der Waals surface area contributed by atoms with Crippen LogP contribution in [0.4, 0.5) is 0 Å². The number of carbonyl (C=O) groups is 3. The summed E-state index contributed by atoms with van der Waals surface area (Å²) in [6.45, 7) is 2.70. The van der Waals surface area contributed by atoms with Crippen molar-refractivity contribution in [3.05, 3.63) is 35.4 Å². The van der Waals surface area contributed by atoms with Crippen LogP contribution in [-0.2, 0) is 26.2 Å². The Labute approximate surface area is 185 Å². The van der Waals surface area contributed by atoms with Gasteiger partial charge in [-0.3, -0.25) is 14.4 Å². The van der Waals surface area contributed by atoms with Crippen molar-refractivity contribution in [2.24, 2.45) is 5.16 Å². The molecule has 0 aromatic heterocycles. The number of sulfonamides is 1. The van der Waals surface area contributed by atoms with Crippen LogP contribution in [0.2, 0.25) is 0 Å². The van der Waals surface area contributed by atoms with E-state index in [1.54, 1.807) is 31.2 Å². The van der Waals surface area contributed by atoms with Crippen molar-refractivity contribution in [3.8, 4) is 0 Å². The molecule has 3 rings (SSSR count). The Kier molecular flexibility index (Phi) is 6.84. The Bertz CT molecular complexity index is 1040. The Morgan fingerprint density at radius 2 is 1.94 bits per heavy atom. The molecule has 2 atom stereocenters. The maximum Gasteiger partial charge on any atom is 0.305 e. The third-order valence-electron chi connectivity index (χ3n) is 5.69. The lowest BCUT2D eigenvalue weighted by atomic mass is 10.1. The number of nitrogens with zero attached hydrogens (tertiary/aromatic N) is 3. The second-order valence-corrected chi connectivity index (χ2v) is 10.2. The molecule has 3 N–H and O–H groups in total. The van der Waals surface area contributed by atoms with E-state index in [0.29, 0.717) is 25.1 Å². The summed E-state index contributed by atoms with van der Waals surface area (Å²) in [5, 5.41) is 23.9. The molecule has 2 bridgehead atoms. The summed E-state index contributed by atoms with van der Waals surface area (Å²) in [4.78, 5) is 35.5. The fourth-order valence-corrected chi connectivity index (χ4v) is 6.02. The van der Waals surface area contributed by atoms with Crippen molar-refractivity contribution in [2.45, 2.75) is 32.4 Å². The maximum absolute atomic E-state index is 12.8. The molecule has 1 aromatic rings. The van der Waals surface area contributed by atoms with Crippen molar-refractivity contribution in [2.75, 3.05) is 31.9 Å². The third-order valence-corrected chi connectivity index (χ3v) is 7.67. The molecule has 32 heavy (non-hydrogen) atoms. The van der Waals surface area contributed by atoms with Crippen LogP contribution in [0.5, 0.6) is 0 Å². The average Bonchev–Trinajstić information content (AvgIpc) is 2.99. The van der Waals surface area contributed by atoms with Crippen LogP contribution in [0.1, 0.15) is 35.7 Å². The van der Waals surface area contributed by atoms with Crippen LogP contribution in [0.15, 0.2) is 29.4 Å². The molecule has 11 nitrogen and oxygen atoms in total. The molecular formula is C20H27N4O7S+. The molecule has 2 unspecified atom stereocenters. The van der Waals surface area contributed by atoms with Gasteiger partial charge in [0.1, 0.15) is 31.4 Å². The third kappa shape index (κ3) is 4.91. The average molecular weight is 468 g/mol. The minimum absolute atomic E-state index is 0.0279. The van der Waals surface area contributed by atoms with Gasteiger partial charge < -0.3 is 20.1 Å². The number of carboxylic acid groups (broad SMARTS) is 1. The van der Waals surface area contributed by atoms with Crippen molar-refractivity contribution >= 4 is 33.5 Å². The summed E-state index contributed by atoms with van der Waals surface area (Å²) < 4.78 is 26.4. The number of rotatable bonds is 9. The highest BCUT2D eigenvalue weighted by molar-refractivity contribution is 7.89. The van der Waals surface area contributed by atoms with Crippen molar-refractivity contribution < 1.29 is 37.6 Å². The molecule has 2 heterocycles. The van der Waals surface area contributed by atoms with Crippen LogP contribution in [0.3, 0.4) is 0 Å². The molecule has 0 radical (unpaired) electrons. The highest BCUT2D eigenvalue weighted by Crippen LogP contribution is 2.32. The minimum atomic E-state index is -3.79. The highest BCUT2D eigenvalue weighted by Gasteiger charge is 2.56. The number of hydrogen-bond donors (Lipinski definition) is 3. The molecule has 2 amide bonds. The van der Waals surface area contributed by atoms with Crippen LogP contribution in [0.25, 0.3) is 0 Å². The predicted molar refractivity (Wildman–Crippen MR) is 114 cm³/mol. The Balaban J connectivity index is 1.74. The van der Waals surface area contributed by atoms with Crippen molar-refractivity contribution in [1.29, 1.82) is 0 Å². The lowest BCUT2D eigenvalue weighted by molar-refractivity contribution is -0.921. The number of quaternary nitrogens is 1. The molecule has 12 heteroatoms. The zero-order chi connectivity index (χ0) is 23.5. The Morgan fingerprint density at radius 3 is 2.53 bits per heavy atom. The monoisotopic (exact) mass is 467 g/mol. The van der Waals surface area contributed by atoms with E-state index in [1.165, 1.54) is 0 Å². The number of carbonyl (C=O) groups excluding carboxylic acids is 2. The molecule has 2 saturated heterocycles. The normalized spacial score (nSPS) is 24.0. The summed E-state index contributed by atoms with van der Waals surface area (Å²) >= 11 is 0. The quantitative estimate of drug-likeness (QED) is 0.262. The fourth-order valence-electron chi connectivity index (χ4n) is 4.36. The number of carboxylic acids is 1. The zero-order valence-corrected chi connectivity index (χ0v) is 18.5. The van der Waals surface area contributed by atoms with Gasteiger partial charge >= 0.3 is 5.97 Å². The molecule has 1 aromatic carbocycles. The highest BCUT2D eigenvalue weighted by atomic mass is 32.2. The zero-order valence-electron chi connectivity index (χ0n) is 17.7. The number of aliphatic carboxylic acids is 1. The summed E-state index contributed by atoms with van der Waals surface area (Å²) in [7, 11) is -3.79. The Morgan fingerprint density at radius 1 is 1.25 bits per heavy atom. The van der Waals surface area contributed by atoms with Gasteiger partial charge in [-0.25, -0.2) is 12.7 Å². The van der Waals surface area contributed by atoms with E-state index in [0.717, 1.165) is 9.87 Å². The van der Waals surface area contributed by atoms with Gasteiger partial charge in [0, 0.05) is 17.7 Å². The van der Waals surface area contributed by atoms with Crippen molar-refractivity contribution in [1.82, 2.24) is 9.62 Å². The molecule has 0 spiro atoms. The second kappa shape index (κ2) is 9.25. The van der Waals surface area contributed by atoms with Gasteiger partial charge in [0.05, 0.1) is 12.2 Å². The van der Waals surface area contributed by atoms with Crippen LogP contribution in [-0.4, -0.2) is 89.0 Å². The smallest absolute Gasteiger partial charge is 0.305 e. The predicted octanol–water partition coefficient (Wildman–Crippen LogP) is 0.00230. The van der Waals surface area contributed by atoms with Crippen LogP contribution in [0, 0.1) is 0 Å². The summed E-state index contributed by atoms with van der Waals surface area (Å²) in [6, 6.07) is 5.92. The number of hydrogen-bond acceptors (Lipinski definition) is 7. The molecule has 2 aliphatic heterocycles. The Hall–Kier alpha value is -2.99. The number of amides is 2. The van der Waals surface area contributed by atoms with Gasteiger partial charge in [-0.05, 0) is 18.6 Å². The first-order valence-electron chi connectivity index (χ1n) is 10.3. The van der Waals surface area contributed by atoms with Gasteiger partial charge in [-0.1, -0.05) is 24.2 Å². The van der Waals surface area contributed by atoms with E-state index in [-0.39, 0.29) is 47.9 Å². The number of nitrogens with one attached hydrogen (secondary N) is 1. The van der Waals surface area contributed by atoms with Crippen LogP contribution >= 0.6 is 0 Å². The number of piperazine rings is 1. The van der Waals surface area contributed by atoms with Gasteiger partial charge in [0.25, 0.3) is 11.8 Å². The topological polar surface area (TPSA) is 153 Å². The molecule has 2 aliphatic rings. The maximum atomic E-state index is 12.8. The summed E-state index contributed by atoms with van der Waals surface area (Å²) in [6.07, 6.45) is 0.208. The summed E-state index contributed by atoms with van der Waals surface area (Å²) in [5.41, 5.74) is 1.48. The number of benzene rings is 1. The van der Waals surface area contributed by atoms with E-state index < -0.39 is 27.9 Å². The number of fused-ring (bicyclic) bond motifs is 2. The molecular weight excluding hydrogens is 440 g/mol. The molecule has 2 fully saturated rings. The molecule has 0 saturated carbocycles.